The number of nitrogens with zero attached hydrogens (tertiary/aromatic N) is 2. The molecule has 0 aromatic carbocycles. The van der Waals surface area contributed by atoms with Crippen LogP contribution in [-0.2, 0) is 0 Å². The molecule has 16 heavy (non-hydrogen) atoms. The molecule has 0 aromatic rings. The fraction of sp³-hybridized carbons (Fsp3) is 0.909. The maximum Gasteiger partial charge on any atom is 0.188 e. The van der Waals surface area contributed by atoms with E-state index in [1.165, 1.54) is 38.9 Å². The molecule has 1 fully saturated rings. The summed E-state index contributed by atoms with van der Waals surface area (Å²) in [5.74, 6) is 1.17. The first-order chi connectivity index (χ1) is 7.22. The lowest BCUT2D eigenvalue weighted by molar-refractivity contribution is 0.201. The number of piperidine rings is 1. The van der Waals surface area contributed by atoms with Gasteiger partial charge in [0.15, 0.2) is 5.96 Å². The summed E-state index contributed by atoms with van der Waals surface area (Å²) in [6.07, 6.45) is 4.12. The fourth-order valence-electron chi connectivity index (χ4n) is 2.01. The van der Waals surface area contributed by atoms with Gasteiger partial charge in [-0.05, 0) is 31.8 Å². The van der Waals surface area contributed by atoms with E-state index in [0.717, 1.165) is 6.54 Å². The number of halogens is 1. The van der Waals surface area contributed by atoms with Gasteiger partial charge in [-0.25, -0.2) is 0 Å². The molecule has 1 atom stereocenters. The van der Waals surface area contributed by atoms with Crippen molar-refractivity contribution in [3.8, 4) is 0 Å². The maximum atomic E-state index is 5.58. The average Bonchev–Trinajstić information content (AvgIpc) is 2.27. The highest BCUT2D eigenvalue weighted by molar-refractivity contribution is 14.0. The molecule has 1 saturated heterocycles. The Morgan fingerprint density at radius 3 is 2.56 bits per heavy atom. The summed E-state index contributed by atoms with van der Waals surface area (Å²) in [5.41, 5.74) is 5.58. The Labute approximate surface area is 116 Å². The number of rotatable bonds is 4. The summed E-state index contributed by atoms with van der Waals surface area (Å²) in [7, 11) is 1.71. The molecule has 5 heteroatoms. The van der Waals surface area contributed by atoms with E-state index in [4.69, 9.17) is 5.73 Å². The van der Waals surface area contributed by atoms with Gasteiger partial charge in [0.05, 0.1) is 0 Å². The Morgan fingerprint density at radius 2 is 2.00 bits per heavy atom. The van der Waals surface area contributed by atoms with E-state index in [0.29, 0.717) is 11.9 Å². The molecule has 1 aliphatic rings. The smallest absolute Gasteiger partial charge is 0.188 e. The molecule has 96 valence electrons. The van der Waals surface area contributed by atoms with E-state index >= 15 is 0 Å². The molecule has 0 saturated carbocycles. The standard InChI is InChI=1S/C11H24N4.HI/c1-10(8-14-11(12)13-2)9-15-6-4-3-5-7-15;/h10H,3-9H2,1-2H3,(H3,12,13,14);1H. The van der Waals surface area contributed by atoms with Crippen LogP contribution in [0.4, 0.5) is 0 Å². The average molecular weight is 340 g/mol. The Hall–Kier alpha value is -0.0400. The third kappa shape index (κ3) is 6.52. The zero-order valence-corrected chi connectivity index (χ0v) is 12.7. The van der Waals surface area contributed by atoms with Gasteiger partial charge in [-0.15, -0.1) is 24.0 Å². The number of hydrogen-bond acceptors (Lipinski definition) is 2. The van der Waals surface area contributed by atoms with E-state index in [1.807, 2.05) is 0 Å². The molecule has 4 nitrogen and oxygen atoms in total. The highest BCUT2D eigenvalue weighted by Crippen LogP contribution is 2.10. The van der Waals surface area contributed by atoms with Crippen molar-refractivity contribution in [2.45, 2.75) is 26.2 Å². The van der Waals surface area contributed by atoms with Crippen molar-refractivity contribution < 1.29 is 0 Å². The molecule has 1 unspecified atom stereocenters. The summed E-state index contributed by atoms with van der Waals surface area (Å²) < 4.78 is 0. The van der Waals surface area contributed by atoms with E-state index < -0.39 is 0 Å². The van der Waals surface area contributed by atoms with Crippen LogP contribution in [0.25, 0.3) is 0 Å². The van der Waals surface area contributed by atoms with Crippen molar-refractivity contribution in [2.24, 2.45) is 16.6 Å². The van der Waals surface area contributed by atoms with Crippen molar-refractivity contribution in [3.63, 3.8) is 0 Å². The summed E-state index contributed by atoms with van der Waals surface area (Å²) >= 11 is 0. The third-order valence-electron chi connectivity index (χ3n) is 2.89. The van der Waals surface area contributed by atoms with Crippen LogP contribution in [0.15, 0.2) is 4.99 Å². The number of nitrogens with two attached hydrogens (primary N) is 1. The summed E-state index contributed by atoms with van der Waals surface area (Å²) in [6.45, 7) is 6.87. The first kappa shape index (κ1) is 16.0. The third-order valence-corrected chi connectivity index (χ3v) is 2.89. The van der Waals surface area contributed by atoms with Crippen molar-refractivity contribution >= 4 is 29.9 Å². The Morgan fingerprint density at radius 1 is 1.38 bits per heavy atom. The second kappa shape index (κ2) is 9.04. The molecule has 1 heterocycles. The van der Waals surface area contributed by atoms with Gasteiger partial charge in [0.1, 0.15) is 0 Å². The zero-order chi connectivity index (χ0) is 11.1. The van der Waals surface area contributed by atoms with Gasteiger partial charge < -0.3 is 16.0 Å². The summed E-state index contributed by atoms with van der Waals surface area (Å²) in [5, 5.41) is 3.12. The van der Waals surface area contributed by atoms with Crippen LogP contribution in [-0.4, -0.2) is 44.1 Å². The lowest BCUT2D eigenvalue weighted by Crippen LogP contribution is -2.40. The molecule has 0 spiro atoms. The Balaban J connectivity index is 0.00000225. The van der Waals surface area contributed by atoms with Crippen LogP contribution < -0.4 is 11.1 Å². The molecule has 3 N–H and O–H groups in total. The summed E-state index contributed by atoms with van der Waals surface area (Å²) in [6, 6.07) is 0. The molecule has 1 rings (SSSR count). The number of hydrogen-bond donors (Lipinski definition) is 2. The second-order valence-corrected chi connectivity index (χ2v) is 4.46. The molecule has 0 radical (unpaired) electrons. The molecular weight excluding hydrogens is 315 g/mol. The molecule has 1 aliphatic heterocycles. The van der Waals surface area contributed by atoms with E-state index in [1.54, 1.807) is 7.05 Å². The highest BCUT2D eigenvalue weighted by atomic mass is 127. The first-order valence-corrected chi connectivity index (χ1v) is 5.91. The largest absolute Gasteiger partial charge is 0.370 e. The molecule has 0 bridgehead atoms. The quantitative estimate of drug-likeness (QED) is 0.460. The van der Waals surface area contributed by atoms with Gasteiger partial charge in [-0.3, -0.25) is 4.99 Å². The molecular formula is C11H25IN4. The van der Waals surface area contributed by atoms with E-state index in [-0.39, 0.29) is 24.0 Å². The number of nitrogens with one attached hydrogen (secondary N) is 1. The summed E-state index contributed by atoms with van der Waals surface area (Å²) in [4.78, 5) is 6.43. The second-order valence-electron chi connectivity index (χ2n) is 4.46. The van der Waals surface area contributed by atoms with Crippen LogP contribution in [0.3, 0.4) is 0 Å². The topological polar surface area (TPSA) is 53.6 Å². The minimum atomic E-state index is 0. The van der Waals surface area contributed by atoms with Crippen LogP contribution in [0.5, 0.6) is 0 Å². The predicted molar refractivity (Wildman–Crippen MR) is 80.4 cm³/mol. The monoisotopic (exact) mass is 340 g/mol. The van der Waals surface area contributed by atoms with Gasteiger partial charge in [0.25, 0.3) is 0 Å². The number of likely N-dealkylation sites (tertiary alicyclic amines) is 1. The van der Waals surface area contributed by atoms with E-state index in [2.05, 4.69) is 22.1 Å². The highest BCUT2D eigenvalue weighted by Gasteiger charge is 2.13. The first-order valence-electron chi connectivity index (χ1n) is 5.91. The van der Waals surface area contributed by atoms with E-state index in [9.17, 15) is 0 Å². The van der Waals surface area contributed by atoms with Gasteiger partial charge in [0.2, 0.25) is 0 Å². The van der Waals surface area contributed by atoms with Crippen molar-refractivity contribution in [3.05, 3.63) is 0 Å². The minimum absolute atomic E-state index is 0. The molecule has 0 aliphatic carbocycles. The van der Waals surface area contributed by atoms with Crippen molar-refractivity contribution in [1.29, 1.82) is 0 Å². The Kier molecular flexibility index (Phi) is 9.02. The van der Waals surface area contributed by atoms with Crippen LogP contribution >= 0.6 is 24.0 Å². The fourth-order valence-corrected chi connectivity index (χ4v) is 2.01. The van der Waals surface area contributed by atoms with Gasteiger partial charge in [-0.2, -0.15) is 0 Å². The van der Waals surface area contributed by atoms with Crippen LogP contribution in [0, 0.1) is 5.92 Å². The lowest BCUT2D eigenvalue weighted by Gasteiger charge is -2.29. The number of guanidine groups is 1. The van der Waals surface area contributed by atoms with Gasteiger partial charge in [-0.1, -0.05) is 13.3 Å². The molecule has 0 amide bonds. The minimum Gasteiger partial charge on any atom is -0.370 e. The maximum absolute atomic E-state index is 5.58. The van der Waals surface area contributed by atoms with Gasteiger partial charge >= 0.3 is 0 Å². The molecule has 0 aromatic heterocycles. The zero-order valence-electron chi connectivity index (χ0n) is 10.4. The lowest BCUT2D eigenvalue weighted by atomic mass is 10.1. The predicted octanol–water partition coefficient (Wildman–Crippen LogP) is 1.26. The van der Waals surface area contributed by atoms with Crippen LogP contribution in [0.1, 0.15) is 26.2 Å². The van der Waals surface area contributed by atoms with Crippen LogP contribution in [0.2, 0.25) is 0 Å². The Bertz CT molecular complexity index is 202. The normalized spacial score (nSPS) is 20.0. The van der Waals surface area contributed by atoms with Crippen molar-refractivity contribution in [2.75, 3.05) is 33.2 Å². The van der Waals surface area contributed by atoms with Gasteiger partial charge in [0, 0.05) is 20.1 Å². The number of aliphatic imine (C=N–C) groups is 1. The SMILES string of the molecule is CN=C(N)NCC(C)CN1CCCCC1.I. The van der Waals surface area contributed by atoms with Crippen molar-refractivity contribution in [1.82, 2.24) is 10.2 Å².